The lowest BCUT2D eigenvalue weighted by molar-refractivity contribution is 0.0697. The van der Waals surface area contributed by atoms with Crippen molar-refractivity contribution in [3.8, 4) is 0 Å². The van der Waals surface area contributed by atoms with E-state index < -0.39 is 12.0 Å². The molecule has 0 radical (unpaired) electrons. The number of carboxylic acid groups (broad SMARTS) is 1. The molecule has 5 nitrogen and oxygen atoms in total. The number of aromatic carboxylic acids is 1. The topological polar surface area (TPSA) is 78.4 Å². The molecule has 2 aromatic rings. The molecule has 0 aromatic heterocycles. The summed E-state index contributed by atoms with van der Waals surface area (Å²) >= 11 is 5.39. The number of rotatable bonds is 3. The molecule has 0 aliphatic carbocycles. The number of carboxylic acids is 1. The zero-order valence-corrected chi connectivity index (χ0v) is 14.3. The number of carbonyl (C=O) groups is 2. The van der Waals surface area contributed by atoms with Gasteiger partial charge in [0.15, 0.2) is 0 Å². The highest BCUT2D eigenvalue weighted by atomic mass is 127. The summed E-state index contributed by atoms with van der Waals surface area (Å²) in [5, 5.41) is 14.3. The predicted molar refractivity (Wildman–Crippen MR) is 92.9 cm³/mol. The van der Waals surface area contributed by atoms with Crippen molar-refractivity contribution in [2.45, 2.75) is 0 Å². The first-order chi connectivity index (χ1) is 9.97. The Hall–Kier alpha value is -1.61. The lowest BCUT2D eigenvalue weighted by atomic mass is 10.2. The molecule has 3 N–H and O–H groups in total. The summed E-state index contributed by atoms with van der Waals surface area (Å²) in [4.78, 5) is 22.9. The highest BCUT2D eigenvalue weighted by molar-refractivity contribution is 14.1. The van der Waals surface area contributed by atoms with Gasteiger partial charge in [-0.2, -0.15) is 0 Å². The molecule has 2 aromatic carbocycles. The van der Waals surface area contributed by atoms with Crippen LogP contribution in [0.15, 0.2) is 46.9 Å². The molecule has 0 saturated carbocycles. The Kier molecular flexibility index (Phi) is 5.18. The molecule has 2 amide bonds. The number of halogens is 2. The van der Waals surface area contributed by atoms with E-state index in [1.165, 1.54) is 12.1 Å². The van der Waals surface area contributed by atoms with Gasteiger partial charge in [0.25, 0.3) is 0 Å². The van der Waals surface area contributed by atoms with E-state index in [4.69, 9.17) is 5.11 Å². The van der Waals surface area contributed by atoms with E-state index >= 15 is 0 Å². The van der Waals surface area contributed by atoms with Crippen molar-refractivity contribution in [3.05, 3.63) is 56.1 Å². The third kappa shape index (κ3) is 4.18. The summed E-state index contributed by atoms with van der Waals surface area (Å²) in [6.07, 6.45) is 0. The minimum Gasteiger partial charge on any atom is -0.478 e. The van der Waals surface area contributed by atoms with Gasteiger partial charge in [-0.05, 0) is 68.9 Å². The predicted octanol–water partition coefficient (Wildman–Crippen LogP) is 4.40. The van der Waals surface area contributed by atoms with Gasteiger partial charge in [0.1, 0.15) is 0 Å². The van der Waals surface area contributed by atoms with Gasteiger partial charge < -0.3 is 15.7 Å². The third-order valence-corrected chi connectivity index (χ3v) is 4.22. The van der Waals surface area contributed by atoms with Crippen LogP contribution >= 0.6 is 38.5 Å². The van der Waals surface area contributed by atoms with Gasteiger partial charge in [0.05, 0.1) is 16.9 Å². The maximum Gasteiger partial charge on any atom is 0.335 e. The number of carbonyl (C=O) groups excluding carboxylic acids is 1. The molecule has 0 saturated heterocycles. The average molecular weight is 461 g/mol. The number of benzene rings is 2. The Labute approximate surface area is 143 Å². The Balaban J connectivity index is 2.15. The molecule has 108 valence electrons. The van der Waals surface area contributed by atoms with Crippen molar-refractivity contribution in [2.24, 2.45) is 0 Å². The lowest BCUT2D eigenvalue weighted by Crippen LogP contribution is -2.20. The fourth-order valence-corrected chi connectivity index (χ4v) is 2.46. The van der Waals surface area contributed by atoms with Crippen molar-refractivity contribution in [2.75, 3.05) is 10.6 Å². The third-order valence-electron chi connectivity index (χ3n) is 2.58. The molecule has 0 spiro atoms. The zero-order chi connectivity index (χ0) is 15.4. The number of hydrogen-bond acceptors (Lipinski definition) is 2. The van der Waals surface area contributed by atoms with E-state index in [-0.39, 0.29) is 5.56 Å². The molecule has 0 heterocycles. The Morgan fingerprint density at radius 2 is 1.71 bits per heavy atom. The number of amides is 2. The monoisotopic (exact) mass is 460 g/mol. The molecule has 0 fully saturated rings. The molecule has 0 unspecified atom stereocenters. The van der Waals surface area contributed by atoms with E-state index in [2.05, 4.69) is 49.2 Å². The van der Waals surface area contributed by atoms with Crippen LogP contribution in [0.1, 0.15) is 10.4 Å². The zero-order valence-electron chi connectivity index (χ0n) is 10.6. The van der Waals surface area contributed by atoms with Gasteiger partial charge in [-0.25, -0.2) is 9.59 Å². The van der Waals surface area contributed by atoms with Gasteiger partial charge in [0.2, 0.25) is 0 Å². The largest absolute Gasteiger partial charge is 0.478 e. The van der Waals surface area contributed by atoms with Crippen LogP contribution in [0.2, 0.25) is 0 Å². The molecule has 0 bridgehead atoms. The van der Waals surface area contributed by atoms with Crippen LogP contribution in [0.25, 0.3) is 0 Å². The fourth-order valence-electron chi connectivity index (χ4n) is 1.59. The van der Waals surface area contributed by atoms with Crippen LogP contribution in [0.5, 0.6) is 0 Å². The first kappa shape index (κ1) is 15.8. The number of para-hydroxylation sites is 1. The minimum atomic E-state index is -1.05. The molecular weight excluding hydrogens is 451 g/mol. The molecule has 2 rings (SSSR count). The van der Waals surface area contributed by atoms with E-state index in [0.29, 0.717) is 15.8 Å². The summed E-state index contributed by atoms with van der Waals surface area (Å²) in [7, 11) is 0. The van der Waals surface area contributed by atoms with Crippen molar-refractivity contribution in [1.82, 2.24) is 0 Å². The number of anilines is 2. The molecule has 7 heteroatoms. The summed E-state index contributed by atoms with van der Waals surface area (Å²) in [6.45, 7) is 0. The fraction of sp³-hybridized carbons (Fsp3) is 0. The summed E-state index contributed by atoms with van der Waals surface area (Å²) in [5.41, 5.74) is 1.17. The van der Waals surface area contributed by atoms with Crippen LogP contribution in [0.3, 0.4) is 0 Å². The van der Waals surface area contributed by atoms with Gasteiger partial charge in [0, 0.05) is 8.04 Å². The van der Waals surface area contributed by atoms with Crippen LogP contribution in [0, 0.1) is 3.57 Å². The second-order valence-electron chi connectivity index (χ2n) is 4.06. The van der Waals surface area contributed by atoms with Gasteiger partial charge in [-0.15, -0.1) is 0 Å². The molecule has 21 heavy (non-hydrogen) atoms. The van der Waals surface area contributed by atoms with Crippen LogP contribution in [0.4, 0.5) is 16.2 Å². The van der Waals surface area contributed by atoms with Gasteiger partial charge in [-0.3, -0.25) is 0 Å². The molecule has 0 aliphatic heterocycles. The smallest absolute Gasteiger partial charge is 0.335 e. The normalized spacial score (nSPS) is 10.0. The molecule has 0 atom stereocenters. The van der Waals surface area contributed by atoms with Gasteiger partial charge in [-0.1, -0.05) is 12.1 Å². The second-order valence-corrected chi connectivity index (χ2v) is 6.08. The maximum atomic E-state index is 12.0. The number of nitrogens with one attached hydrogen (secondary N) is 2. The standard InChI is InChI=1S/C14H10BrIN2O3/c15-9-6-5-8(13(19)20)7-12(9)18-14(21)17-11-4-2-1-3-10(11)16/h1-7H,(H,19,20)(H2,17,18,21). The lowest BCUT2D eigenvalue weighted by Gasteiger charge is -2.11. The second kappa shape index (κ2) is 6.90. The molecule has 0 aliphatic rings. The van der Waals surface area contributed by atoms with Crippen LogP contribution < -0.4 is 10.6 Å². The van der Waals surface area contributed by atoms with E-state index in [1.807, 2.05) is 18.2 Å². The first-order valence-corrected chi connectivity index (χ1v) is 7.70. The Morgan fingerprint density at radius 3 is 2.38 bits per heavy atom. The van der Waals surface area contributed by atoms with E-state index in [9.17, 15) is 9.59 Å². The summed E-state index contributed by atoms with van der Waals surface area (Å²) in [6, 6.07) is 11.3. The van der Waals surface area contributed by atoms with Crippen LogP contribution in [-0.4, -0.2) is 17.1 Å². The average Bonchev–Trinajstić information content (AvgIpc) is 2.43. The highest BCUT2D eigenvalue weighted by Crippen LogP contribution is 2.24. The van der Waals surface area contributed by atoms with Crippen LogP contribution in [-0.2, 0) is 0 Å². The van der Waals surface area contributed by atoms with E-state index in [1.54, 1.807) is 12.1 Å². The SMILES string of the molecule is O=C(Nc1cc(C(=O)O)ccc1Br)Nc1ccccc1I. The van der Waals surface area contributed by atoms with Crippen molar-refractivity contribution >= 4 is 61.9 Å². The first-order valence-electron chi connectivity index (χ1n) is 5.83. The molecular formula is C14H10BrIN2O3. The maximum absolute atomic E-state index is 12.0. The van der Waals surface area contributed by atoms with E-state index in [0.717, 1.165) is 3.57 Å². The number of urea groups is 1. The quantitative estimate of drug-likeness (QED) is 0.594. The Bertz CT molecular complexity index is 706. The van der Waals surface area contributed by atoms with Gasteiger partial charge >= 0.3 is 12.0 Å². The van der Waals surface area contributed by atoms with Crippen molar-refractivity contribution in [1.29, 1.82) is 0 Å². The summed E-state index contributed by atoms with van der Waals surface area (Å²) < 4.78 is 1.51. The van der Waals surface area contributed by atoms with Crippen molar-refractivity contribution in [3.63, 3.8) is 0 Å². The van der Waals surface area contributed by atoms with Crippen molar-refractivity contribution < 1.29 is 14.7 Å². The minimum absolute atomic E-state index is 0.0998. The Morgan fingerprint density at radius 1 is 1.05 bits per heavy atom. The summed E-state index contributed by atoms with van der Waals surface area (Å²) in [5.74, 6) is -1.05. The highest BCUT2D eigenvalue weighted by Gasteiger charge is 2.10. The number of hydrogen-bond donors (Lipinski definition) is 3.